The zero-order chi connectivity index (χ0) is 13.5. The van der Waals surface area contributed by atoms with Gasteiger partial charge in [-0.2, -0.15) is 0 Å². The van der Waals surface area contributed by atoms with Crippen LogP contribution >= 0.6 is 22.6 Å². The second-order valence-corrected chi connectivity index (χ2v) is 6.86. The van der Waals surface area contributed by atoms with E-state index in [4.69, 9.17) is 0 Å². The molecule has 0 N–H and O–H groups in total. The summed E-state index contributed by atoms with van der Waals surface area (Å²) >= 11 is 2.01. The number of hydrogen-bond acceptors (Lipinski definition) is 3. The molecule has 0 saturated heterocycles. The van der Waals surface area contributed by atoms with Crippen LogP contribution in [0.15, 0.2) is 59.6 Å². The number of pyridine rings is 1. The first-order valence-corrected chi connectivity index (χ1v) is 8.05. The molecular weight excluding hydrogens is 375 g/mol. The van der Waals surface area contributed by atoms with Gasteiger partial charge in [-0.1, -0.05) is 18.2 Å². The number of benzene rings is 1. The van der Waals surface area contributed by atoms with E-state index in [2.05, 4.69) is 4.98 Å². The quantitative estimate of drug-likeness (QED) is 0.639. The molecule has 96 valence electrons. The average molecular weight is 384 g/mol. The van der Waals surface area contributed by atoms with E-state index in [1.54, 1.807) is 42.6 Å². The Labute approximate surface area is 124 Å². The van der Waals surface area contributed by atoms with E-state index in [0.717, 1.165) is 5.39 Å². The molecule has 0 saturated carbocycles. The van der Waals surface area contributed by atoms with Crippen molar-refractivity contribution >= 4 is 43.6 Å². The molecule has 0 amide bonds. The maximum atomic E-state index is 12.6. The van der Waals surface area contributed by atoms with Crippen LogP contribution in [0.5, 0.6) is 0 Å². The van der Waals surface area contributed by atoms with Crippen molar-refractivity contribution in [3.63, 3.8) is 0 Å². The molecule has 0 radical (unpaired) electrons. The van der Waals surface area contributed by atoms with Crippen LogP contribution in [0.3, 0.4) is 0 Å². The number of aromatic nitrogens is 2. The van der Waals surface area contributed by atoms with E-state index in [9.17, 15) is 8.42 Å². The lowest BCUT2D eigenvalue weighted by Crippen LogP contribution is -2.14. The molecule has 2 heterocycles. The first-order chi connectivity index (χ1) is 9.10. The average Bonchev–Trinajstić information content (AvgIpc) is 2.76. The van der Waals surface area contributed by atoms with Crippen LogP contribution < -0.4 is 0 Å². The Kier molecular flexibility index (Phi) is 3.06. The van der Waals surface area contributed by atoms with E-state index < -0.39 is 10.0 Å². The van der Waals surface area contributed by atoms with Gasteiger partial charge < -0.3 is 0 Å². The predicted octanol–water partition coefficient (Wildman–Crippen LogP) is 2.88. The molecule has 4 nitrogen and oxygen atoms in total. The van der Waals surface area contributed by atoms with E-state index >= 15 is 0 Å². The maximum absolute atomic E-state index is 12.6. The Balaban J connectivity index is 2.34. The van der Waals surface area contributed by atoms with Crippen molar-refractivity contribution in [1.82, 2.24) is 8.96 Å². The topological polar surface area (TPSA) is 52.0 Å². The van der Waals surface area contributed by atoms with E-state index in [1.165, 1.54) is 3.97 Å². The summed E-state index contributed by atoms with van der Waals surface area (Å²) in [6.45, 7) is 0. The third kappa shape index (κ3) is 2.04. The number of nitrogens with zero attached hydrogens (tertiary/aromatic N) is 2. The van der Waals surface area contributed by atoms with Crippen molar-refractivity contribution in [1.29, 1.82) is 0 Å². The highest BCUT2D eigenvalue weighted by Gasteiger charge is 2.22. The molecule has 1 aromatic carbocycles. The first-order valence-electron chi connectivity index (χ1n) is 5.53. The predicted molar refractivity (Wildman–Crippen MR) is 81.5 cm³/mol. The third-order valence-corrected chi connectivity index (χ3v) is 5.60. The summed E-state index contributed by atoms with van der Waals surface area (Å²) in [5.74, 6) is 0. The molecule has 0 aliphatic rings. The van der Waals surface area contributed by atoms with Crippen molar-refractivity contribution in [3.8, 4) is 0 Å². The summed E-state index contributed by atoms with van der Waals surface area (Å²) in [7, 11) is -3.61. The van der Waals surface area contributed by atoms with E-state index in [1.807, 2.05) is 34.7 Å². The van der Waals surface area contributed by atoms with Crippen molar-refractivity contribution in [2.45, 2.75) is 4.90 Å². The van der Waals surface area contributed by atoms with Crippen LogP contribution in [0.2, 0.25) is 0 Å². The lowest BCUT2D eigenvalue weighted by molar-refractivity contribution is 0.588. The van der Waals surface area contributed by atoms with Crippen molar-refractivity contribution in [3.05, 3.63) is 58.4 Å². The molecule has 0 fully saturated rings. The molecule has 19 heavy (non-hydrogen) atoms. The minimum atomic E-state index is -3.61. The summed E-state index contributed by atoms with van der Waals surface area (Å²) in [4.78, 5) is 4.43. The lowest BCUT2D eigenvalue weighted by atomic mass is 10.3. The molecule has 0 bridgehead atoms. The Morgan fingerprint density at radius 3 is 2.53 bits per heavy atom. The SMILES string of the molecule is O=S(=O)(c1ccccc1)n1c(I)cc2cccnc21. The van der Waals surface area contributed by atoms with Crippen LogP contribution in [0.4, 0.5) is 0 Å². The largest absolute Gasteiger partial charge is 0.270 e. The summed E-state index contributed by atoms with van der Waals surface area (Å²) in [5, 5.41) is 0.811. The van der Waals surface area contributed by atoms with Crippen LogP contribution in [0, 0.1) is 3.70 Å². The third-order valence-electron chi connectivity index (χ3n) is 2.76. The van der Waals surface area contributed by atoms with E-state index in [0.29, 0.717) is 9.35 Å². The highest BCUT2D eigenvalue weighted by molar-refractivity contribution is 14.1. The minimum absolute atomic E-state index is 0.260. The van der Waals surface area contributed by atoms with Gasteiger partial charge in [0.2, 0.25) is 0 Å². The number of rotatable bonds is 2. The molecule has 0 atom stereocenters. The molecule has 0 unspecified atom stereocenters. The summed E-state index contributed by atoms with van der Waals surface area (Å²) in [6.07, 6.45) is 1.59. The summed E-state index contributed by atoms with van der Waals surface area (Å²) < 4.78 is 27.2. The second kappa shape index (κ2) is 4.61. The number of fused-ring (bicyclic) bond motifs is 1. The molecular formula is C13H9IN2O2S. The van der Waals surface area contributed by atoms with Gasteiger partial charge in [0.25, 0.3) is 10.0 Å². The van der Waals surface area contributed by atoms with Gasteiger partial charge in [-0.05, 0) is 52.9 Å². The van der Waals surface area contributed by atoms with Crippen molar-refractivity contribution < 1.29 is 8.42 Å². The van der Waals surface area contributed by atoms with Gasteiger partial charge in [0.15, 0.2) is 5.65 Å². The van der Waals surface area contributed by atoms with Crippen LogP contribution in [0.1, 0.15) is 0 Å². The zero-order valence-electron chi connectivity index (χ0n) is 9.69. The molecule has 0 aliphatic carbocycles. The lowest BCUT2D eigenvalue weighted by Gasteiger charge is -2.08. The number of halogens is 1. The fourth-order valence-electron chi connectivity index (χ4n) is 1.91. The van der Waals surface area contributed by atoms with E-state index in [-0.39, 0.29) is 4.90 Å². The summed E-state index contributed by atoms with van der Waals surface area (Å²) in [5.41, 5.74) is 0.454. The van der Waals surface area contributed by atoms with Gasteiger partial charge in [-0.25, -0.2) is 17.4 Å². The van der Waals surface area contributed by atoms with Gasteiger partial charge >= 0.3 is 0 Å². The number of hydrogen-bond donors (Lipinski definition) is 0. The Hall–Kier alpha value is -1.41. The molecule has 3 rings (SSSR count). The van der Waals surface area contributed by atoms with Crippen molar-refractivity contribution in [2.75, 3.05) is 0 Å². The Bertz CT molecular complexity index is 841. The Morgan fingerprint density at radius 2 is 1.79 bits per heavy atom. The van der Waals surface area contributed by atoms with Gasteiger partial charge in [-0.3, -0.25) is 0 Å². The van der Waals surface area contributed by atoms with Gasteiger partial charge in [0.05, 0.1) is 8.60 Å². The maximum Gasteiger partial charge on any atom is 0.270 e. The van der Waals surface area contributed by atoms with Crippen LogP contribution in [0.25, 0.3) is 11.0 Å². The monoisotopic (exact) mass is 384 g/mol. The second-order valence-electron chi connectivity index (χ2n) is 3.97. The highest BCUT2D eigenvalue weighted by Crippen LogP contribution is 2.24. The summed E-state index contributed by atoms with van der Waals surface area (Å²) in [6, 6.07) is 13.8. The molecule has 0 aliphatic heterocycles. The first kappa shape index (κ1) is 12.6. The normalized spacial score (nSPS) is 11.8. The fraction of sp³-hybridized carbons (Fsp3) is 0. The zero-order valence-corrected chi connectivity index (χ0v) is 12.7. The van der Waals surface area contributed by atoms with Crippen LogP contribution in [-0.2, 0) is 10.0 Å². The Morgan fingerprint density at radius 1 is 1.05 bits per heavy atom. The minimum Gasteiger partial charge on any atom is -0.237 e. The fourth-order valence-corrected chi connectivity index (χ4v) is 4.62. The molecule has 3 aromatic rings. The smallest absolute Gasteiger partial charge is 0.237 e. The molecule has 2 aromatic heterocycles. The van der Waals surface area contributed by atoms with Crippen LogP contribution in [-0.4, -0.2) is 17.4 Å². The molecule has 0 spiro atoms. The van der Waals surface area contributed by atoms with Gasteiger partial charge in [0, 0.05) is 11.6 Å². The standard InChI is InChI=1S/C13H9IN2O2S/c14-12-9-10-5-4-8-15-13(10)16(12)19(17,18)11-6-2-1-3-7-11/h1-9H. The highest BCUT2D eigenvalue weighted by atomic mass is 127. The van der Waals surface area contributed by atoms with Gasteiger partial charge in [-0.15, -0.1) is 0 Å². The molecule has 6 heteroatoms. The van der Waals surface area contributed by atoms with Crippen molar-refractivity contribution in [2.24, 2.45) is 0 Å². The van der Waals surface area contributed by atoms with Gasteiger partial charge in [0.1, 0.15) is 0 Å².